The Kier molecular flexibility index (Phi) is 7.13. The van der Waals surface area contributed by atoms with Crippen LogP contribution >= 0.6 is 11.8 Å². The van der Waals surface area contributed by atoms with Gasteiger partial charge >= 0.3 is 0 Å². The van der Waals surface area contributed by atoms with Crippen molar-refractivity contribution < 1.29 is 9.53 Å². The number of nitrogens with zero attached hydrogens (tertiary/aromatic N) is 4. The maximum Gasteiger partial charge on any atom is 0.234 e. The van der Waals surface area contributed by atoms with Gasteiger partial charge in [0.1, 0.15) is 5.75 Å². The molecule has 1 heterocycles. The number of carbonyl (C=O) groups is 1. The fourth-order valence-corrected chi connectivity index (χ4v) is 3.58. The van der Waals surface area contributed by atoms with Crippen molar-refractivity contribution in [3.63, 3.8) is 0 Å². The maximum absolute atomic E-state index is 12.4. The van der Waals surface area contributed by atoms with Crippen LogP contribution in [0.4, 0.5) is 11.4 Å². The fraction of sp³-hybridized carbons (Fsp3) is 0.227. The molecule has 30 heavy (non-hydrogen) atoms. The normalized spacial score (nSPS) is 10.5. The standard InChI is InChI=1S/C22H25N5O2S/c1-5-13-27-21(16-7-6-8-19(14-16)29-4)24-25-22(27)30-15-20(28)23-17-9-11-18(12-10-17)26(2)3/h5-12,14H,1,13,15H2,2-4H3,(H,23,28). The monoisotopic (exact) mass is 423 g/mol. The summed E-state index contributed by atoms with van der Waals surface area (Å²) in [4.78, 5) is 14.4. The zero-order chi connectivity index (χ0) is 21.5. The van der Waals surface area contributed by atoms with Crippen molar-refractivity contribution in [3.05, 3.63) is 61.2 Å². The molecule has 0 atom stereocenters. The first kappa shape index (κ1) is 21.4. The Hall–Kier alpha value is -3.26. The molecule has 0 unspecified atom stereocenters. The third-order valence-corrected chi connectivity index (χ3v) is 5.32. The summed E-state index contributed by atoms with van der Waals surface area (Å²) in [5.74, 6) is 1.57. The number of anilines is 2. The van der Waals surface area contributed by atoms with Gasteiger partial charge in [-0.25, -0.2) is 0 Å². The Labute approximate surface area is 180 Å². The maximum atomic E-state index is 12.4. The van der Waals surface area contributed by atoms with E-state index in [0.717, 1.165) is 22.7 Å². The quantitative estimate of drug-likeness (QED) is 0.415. The Morgan fingerprint density at radius 1 is 1.23 bits per heavy atom. The average Bonchev–Trinajstić information content (AvgIpc) is 3.15. The van der Waals surface area contributed by atoms with Crippen LogP contribution in [0.5, 0.6) is 5.75 Å². The molecule has 1 aromatic heterocycles. The van der Waals surface area contributed by atoms with Crippen molar-refractivity contribution in [1.29, 1.82) is 0 Å². The van der Waals surface area contributed by atoms with Crippen LogP contribution < -0.4 is 15.0 Å². The zero-order valence-corrected chi connectivity index (χ0v) is 18.1. The van der Waals surface area contributed by atoms with E-state index in [1.165, 1.54) is 11.8 Å². The molecule has 0 saturated heterocycles. The zero-order valence-electron chi connectivity index (χ0n) is 17.3. The van der Waals surface area contributed by atoms with Crippen LogP contribution in [0.1, 0.15) is 0 Å². The number of aromatic nitrogens is 3. The van der Waals surface area contributed by atoms with E-state index in [1.54, 1.807) is 13.2 Å². The van der Waals surface area contributed by atoms with E-state index < -0.39 is 0 Å². The number of hydrogen-bond donors (Lipinski definition) is 1. The number of methoxy groups -OCH3 is 1. The van der Waals surface area contributed by atoms with Crippen molar-refractivity contribution in [1.82, 2.24) is 14.8 Å². The highest BCUT2D eigenvalue weighted by atomic mass is 32.2. The second kappa shape index (κ2) is 9.98. The molecule has 3 rings (SSSR count). The summed E-state index contributed by atoms with van der Waals surface area (Å²) >= 11 is 1.34. The van der Waals surface area contributed by atoms with E-state index in [9.17, 15) is 4.79 Å². The smallest absolute Gasteiger partial charge is 0.234 e. The molecule has 0 saturated carbocycles. The first-order valence-corrected chi connectivity index (χ1v) is 10.4. The highest BCUT2D eigenvalue weighted by molar-refractivity contribution is 7.99. The summed E-state index contributed by atoms with van der Waals surface area (Å²) < 4.78 is 7.24. The lowest BCUT2D eigenvalue weighted by Gasteiger charge is -2.13. The number of thioether (sulfide) groups is 1. The molecule has 0 radical (unpaired) electrons. The van der Waals surface area contributed by atoms with Gasteiger partial charge in [0.25, 0.3) is 0 Å². The number of benzene rings is 2. The van der Waals surface area contributed by atoms with Gasteiger partial charge in [-0.1, -0.05) is 30.0 Å². The number of carbonyl (C=O) groups excluding carboxylic acids is 1. The molecule has 0 aliphatic rings. The van der Waals surface area contributed by atoms with Gasteiger partial charge in [0.05, 0.1) is 12.9 Å². The summed E-state index contributed by atoms with van der Waals surface area (Å²) in [7, 11) is 5.58. The van der Waals surface area contributed by atoms with Gasteiger partial charge < -0.3 is 15.0 Å². The summed E-state index contributed by atoms with van der Waals surface area (Å²) in [5, 5.41) is 12.2. The molecule has 8 heteroatoms. The molecule has 0 bridgehead atoms. The van der Waals surface area contributed by atoms with Gasteiger partial charge in [-0.15, -0.1) is 16.8 Å². The fourth-order valence-electron chi connectivity index (χ4n) is 2.83. The van der Waals surface area contributed by atoms with Crippen molar-refractivity contribution in [2.24, 2.45) is 0 Å². The van der Waals surface area contributed by atoms with Crippen molar-refractivity contribution >= 4 is 29.0 Å². The summed E-state index contributed by atoms with van der Waals surface area (Å²) in [6.07, 6.45) is 1.78. The number of amides is 1. The highest BCUT2D eigenvalue weighted by Gasteiger charge is 2.15. The molecule has 7 nitrogen and oxygen atoms in total. The van der Waals surface area contributed by atoms with Crippen LogP contribution in [0.15, 0.2) is 66.3 Å². The molecule has 2 aromatic carbocycles. The Bertz CT molecular complexity index is 1010. The second-order valence-electron chi connectivity index (χ2n) is 6.72. The first-order valence-electron chi connectivity index (χ1n) is 9.40. The van der Waals surface area contributed by atoms with Crippen molar-refractivity contribution in [2.45, 2.75) is 11.7 Å². The number of rotatable bonds is 9. The Morgan fingerprint density at radius 2 is 2.00 bits per heavy atom. The van der Waals surface area contributed by atoms with Crippen LogP contribution in [0.3, 0.4) is 0 Å². The van der Waals surface area contributed by atoms with Crippen LogP contribution in [0, 0.1) is 0 Å². The van der Waals surface area contributed by atoms with Gasteiger partial charge in [-0.05, 0) is 36.4 Å². The predicted molar refractivity (Wildman–Crippen MR) is 122 cm³/mol. The minimum absolute atomic E-state index is 0.103. The molecular formula is C22H25N5O2S. The van der Waals surface area contributed by atoms with E-state index in [-0.39, 0.29) is 11.7 Å². The molecule has 156 valence electrons. The van der Waals surface area contributed by atoms with Crippen molar-refractivity contribution in [3.8, 4) is 17.1 Å². The van der Waals surface area contributed by atoms with Crippen LogP contribution in [0.2, 0.25) is 0 Å². The van der Waals surface area contributed by atoms with E-state index >= 15 is 0 Å². The Morgan fingerprint density at radius 3 is 2.67 bits per heavy atom. The number of allylic oxidation sites excluding steroid dienone is 1. The first-order chi connectivity index (χ1) is 14.5. The highest BCUT2D eigenvalue weighted by Crippen LogP contribution is 2.27. The number of nitrogens with one attached hydrogen (secondary N) is 1. The minimum Gasteiger partial charge on any atom is -0.497 e. The molecule has 0 spiro atoms. The summed E-state index contributed by atoms with van der Waals surface area (Å²) in [6, 6.07) is 15.3. The second-order valence-corrected chi connectivity index (χ2v) is 7.66. The molecular weight excluding hydrogens is 398 g/mol. The minimum atomic E-state index is -0.103. The molecule has 1 N–H and O–H groups in total. The lowest BCUT2D eigenvalue weighted by atomic mass is 10.2. The topological polar surface area (TPSA) is 72.3 Å². The summed E-state index contributed by atoms with van der Waals surface area (Å²) in [5.41, 5.74) is 2.72. The Balaban J connectivity index is 1.69. The third kappa shape index (κ3) is 5.21. The molecule has 1 amide bonds. The van der Waals surface area contributed by atoms with Crippen LogP contribution in [-0.4, -0.2) is 47.6 Å². The van der Waals surface area contributed by atoms with E-state index in [4.69, 9.17) is 4.74 Å². The summed E-state index contributed by atoms with van der Waals surface area (Å²) in [6.45, 7) is 4.36. The lowest BCUT2D eigenvalue weighted by Crippen LogP contribution is -2.15. The van der Waals surface area contributed by atoms with Gasteiger partial charge in [0, 0.05) is 37.6 Å². The van der Waals surface area contributed by atoms with E-state index in [1.807, 2.05) is 72.1 Å². The van der Waals surface area contributed by atoms with Crippen LogP contribution in [-0.2, 0) is 11.3 Å². The molecule has 0 fully saturated rings. The third-order valence-electron chi connectivity index (χ3n) is 4.36. The number of ether oxygens (including phenoxy) is 1. The molecule has 3 aromatic rings. The van der Waals surface area contributed by atoms with Gasteiger partial charge in [-0.3, -0.25) is 9.36 Å². The molecule has 0 aliphatic carbocycles. The van der Waals surface area contributed by atoms with Crippen molar-refractivity contribution in [2.75, 3.05) is 37.2 Å². The van der Waals surface area contributed by atoms with Gasteiger partial charge in [0.15, 0.2) is 11.0 Å². The van der Waals surface area contributed by atoms with E-state index in [0.29, 0.717) is 17.5 Å². The number of hydrogen-bond acceptors (Lipinski definition) is 6. The van der Waals surface area contributed by atoms with Gasteiger partial charge in [0.2, 0.25) is 5.91 Å². The van der Waals surface area contributed by atoms with Gasteiger partial charge in [-0.2, -0.15) is 0 Å². The largest absolute Gasteiger partial charge is 0.497 e. The predicted octanol–water partition coefficient (Wildman–Crippen LogP) is 3.94. The molecule has 0 aliphatic heterocycles. The average molecular weight is 424 g/mol. The van der Waals surface area contributed by atoms with E-state index in [2.05, 4.69) is 22.1 Å². The van der Waals surface area contributed by atoms with Crippen LogP contribution in [0.25, 0.3) is 11.4 Å². The SMILES string of the molecule is C=CCn1c(SCC(=O)Nc2ccc(N(C)C)cc2)nnc1-c1cccc(OC)c1. The lowest BCUT2D eigenvalue weighted by molar-refractivity contribution is -0.113.